The normalized spacial score (nSPS) is 17.0. The summed E-state index contributed by atoms with van der Waals surface area (Å²) < 4.78 is 43.0. The third-order valence-corrected chi connectivity index (χ3v) is 6.33. The Hall–Kier alpha value is -2.94. The fourth-order valence-electron chi connectivity index (χ4n) is 3.82. The summed E-state index contributed by atoms with van der Waals surface area (Å²) in [4.78, 5) is 13.0. The number of nitrogens with one attached hydrogen (secondary N) is 1. The van der Waals surface area contributed by atoms with Crippen molar-refractivity contribution < 1.29 is 27.4 Å². The van der Waals surface area contributed by atoms with Crippen LogP contribution in [0.4, 0.5) is 5.69 Å². The van der Waals surface area contributed by atoms with E-state index in [0.29, 0.717) is 29.4 Å². The molecule has 1 atom stereocenters. The van der Waals surface area contributed by atoms with Crippen LogP contribution in [0.25, 0.3) is 0 Å². The number of sulfonamides is 1. The van der Waals surface area contributed by atoms with E-state index in [4.69, 9.17) is 14.2 Å². The van der Waals surface area contributed by atoms with Crippen molar-refractivity contribution in [3.63, 3.8) is 0 Å². The second-order valence-electron chi connectivity index (χ2n) is 9.02. The van der Waals surface area contributed by atoms with Crippen LogP contribution in [0, 0.1) is 0 Å². The molecule has 1 aliphatic rings. The monoisotopic (exact) mass is 476 g/mol. The number of carbonyl (C=O) groups excluding carboxylic acids is 1. The van der Waals surface area contributed by atoms with Crippen molar-refractivity contribution in [3.05, 3.63) is 48.0 Å². The number of fused-ring (bicyclic) bond motifs is 1. The SMILES string of the molecule is COc1ccc2c(c1)C(NC(=O)CN(c1ccc(OC(C)C)cc1)S(C)(=O)=O)CC(C)(C)O2. The summed E-state index contributed by atoms with van der Waals surface area (Å²) in [7, 11) is -2.12. The molecule has 1 unspecified atom stereocenters. The lowest BCUT2D eigenvalue weighted by Crippen LogP contribution is -2.45. The van der Waals surface area contributed by atoms with Gasteiger partial charge in [-0.1, -0.05) is 0 Å². The van der Waals surface area contributed by atoms with Crippen molar-refractivity contribution in [2.75, 3.05) is 24.2 Å². The number of rotatable bonds is 8. The third kappa shape index (κ3) is 6.31. The first-order chi connectivity index (χ1) is 15.4. The summed E-state index contributed by atoms with van der Waals surface area (Å²) in [6.45, 7) is 7.37. The first-order valence-electron chi connectivity index (χ1n) is 10.8. The standard InChI is InChI=1S/C24H32N2O6S/c1-16(2)31-18-9-7-17(8-10-18)26(33(6,28)29)15-23(27)25-21-14-24(3,4)32-22-12-11-19(30-5)13-20(21)22/h7-13,16,21H,14-15H2,1-6H3,(H,25,27). The molecule has 180 valence electrons. The summed E-state index contributed by atoms with van der Waals surface area (Å²) >= 11 is 0. The van der Waals surface area contributed by atoms with E-state index >= 15 is 0 Å². The van der Waals surface area contributed by atoms with Gasteiger partial charge in [0.15, 0.2) is 0 Å². The molecule has 0 bridgehead atoms. The summed E-state index contributed by atoms with van der Waals surface area (Å²) in [5, 5.41) is 2.99. The maximum Gasteiger partial charge on any atom is 0.241 e. The minimum Gasteiger partial charge on any atom is -0.497 e. The Morgan fingerprint density at radius 1 is 1.18 bits per heavy atom. The van der Waals surface area contributed by atoms with Gasteiger partial charge in [-0.25, -0.2) is 8.42 Å². The summed E-state index contributed by atoms with van der Waals surface area (Å²) in [6.07, 6.45) is 1.60. The molecule has 0 saturated carbocycles. The minimum atomic E-state index is -3.70. The Balaban J connectivity index is 1.81. The first-order valence-corrected chi connectivity index (χ1v) is 12.6. The lowest BCUT2D eigenvalue weighted by molar-refractivity contribution is -0.120. The van der Waals surface area contributed by atoms with Crippen LogP contribution in [0.5, 0.6) is 17.2 Å². The zero-order chi connectivity index (χ0) is 24.4. The smallest absolute Gasteiger partial charge is 0.241 e. The number of ether oxygens (including phenoxy) is 3. The van der Waals surface area contributed by atoms with Gasteiger partial charge in [-0.05, 0) is 70.2 Å². The predicted molar refractivity (Wildman–Crippen MR) is 128 cm³/mol. The Labute approximate surface area is 195 Å². The van der Waals surface area contributed by atoms with Crippen molar-refractivity contribution in [2.45, 2.75) is 51.9 Å². The quantitative estimate of drug-likeness (QED) is 0.625. The molecule has 33 heavy (non-hydrogen) atoms. The molecule has 3 rings (SSSR count). The van der Waals surface area contributed by atoms with Gasteiger partial charge in [-0.2, -0.15) is 0 Å². The molecule has 9 heteroatoms. The van der Waals surface area contributed by atoms with Gasteiger partial charge in [-0.3, -0.25) is 9.10 Å². The third-order valence-electron chi connectivity index (χ3n) is 5.19. The van der Waals surface area contributed by atoms with E-state index in [9.17, 15) is 13.2 Å². The van der Waals surface area contributed by atoms with Crippen molar-refractivity contribution >= 4 is 21.6 Å². The van der Waals surface area contributed by atoms with Crippen molar-refractivity contribution in [2.24, 2.45) is 0 Å². The van der Waals surface area contributed by atoms with E-state index in [0.717, 1.165) is 16.1 Å². The second kappa shape index (κ2) is 9.51. The maximum absolute atomic E-state index is 13.0. The highest BCUT2D eigenvalue weighted by atomic mass is 32.2. The molecule has 1 N–H and O–H groups in total. The molecule has 8 nitrogen and oxygen atoms in total. The number of anilines is 1. The summed E-state index contributed by atoms with van der Waals surface area (Å²) in [5.41, 5.74) is 0.684. The van der Waals surface area contributed by atoms with E-state index in [1.54, 1.807) is 37.4 Å². The van der Waals surface area contributed by atoms with Crippen LogP contribution in [-0.4, -0.2) is 45.9 Å². The van der Waals surface area contributed by atoms with Crippen LogP contribution in [0.1, 0.15) is 45.7 Å². The van der Waals surface area contributed by atoms with Crippen molar-refractivity contribution in [1.82, 2.24) is 5.32 Å². The zero-order valence-corrected chi connectivity index (χ0v) is 20.7. The van der Waals surface area contributed by atoms with Gasteiger partial charge in [-0.15, -0.1) is 0 Å². The zero-order valence-electron chi connectivity index (χ0n) is 19.9. The van der Waals surface area contributed by atoms with Gasteiger partial charge in [0.1, 0.15) is 29.4 Å². The maximum atomic E-state index is 13.0. The minimum absolute atomic E-state index is 0.00198. The molecular formula is C24H32N2O6S. The number of carbonyl (C=O) groups is 1. The molecular weight excluding hydrogens is 444 g/mol. The van der Waals surface area contributed by atoms with Crippen LogP contribution in [0.3, 0.4) is 0 Å². The fourth-order valence-corrected chi connectivity index (χ4v) is 4.68. The molecule has 0 spiro atoms. The second-order valence-corrected chi connectivity index (χ2v) is 10.9. The van der Waals surface area contributed by atoms with Gasteiger partial charge >= 0.3 is 0 Å². The highest BCUT2D eigenvalue weighted by molar-refractivity contribution is 7.92. The van der Waals surface area contributed by atoms with Gasteiger partial charge in [0, 0.05) is 12.0 Å². The molecule has 0 radical (unpaired) electrons. The number of benzene rings is 2. The average molecular weight is 477 g/mol. The van der Waals surface area contributed by atoms with Crippen LogP contribution >= 0.6 is 0 Å². The van der Waals surface area contributed by atoms with Crippen LogP contribution < -0.4 is 23.8 Å². The van der Waals surface area contributed by atoms with Crippen LogP contribution in [0.15, 0.2) is 42.5 Å². The van der Waals surface area contributed by atoms with Crippen LogP contribution in [0.2, 0.25) is 0 Å². The molecule has 0 aliphatic carbocycles. The van der Waals surface area contributed by atoms with Gasteiger partial charge in [0.25, 0.3) is 0 Å². The van der Waals surface area contributed by atoms with Gasteiger partial charge in [0.05, 0.1) is 31.2 Å². The van der Waals surface area contributed by atoms with Crippen molar-refractivity contribution in [1.29, 1.82) is 0 Å². The largest absolute Gasteiger partial charge is 0.497 e. The van der Waals surface area contributed by atoms with Crippen molar-refractivity contribution in [3.8, 4) is 17.2 Å². The Kier molecular flexibility index (Phi) is 7.11. The number of hydrogen-bond donors (Lipinski definition) is 1. The Bertz CT molecular complexity index is 1100. The predicted octanol–water partition coefficient (Wildman–Crippen LogP) is 3.67. The Morgan fingerprint density at radius 3 is 2.39 bits per heavy atom. The number of methoxy groups -OCH3 is 1. The van der Waals surface area contributed by atoms with Crippen LogP contribution in [-0.2, 0) is 14.8 Å². The van der Waals surface area contributed by atoms with E-state index in [-0.39, 0.29) is 18.7 Å². The van der Waals surface area contributed by atoms with Gasteiger partial charge in [0.2, 0.25) is 15.9 Å². The lowest BCUT2D eigenvalue weighted by atomic mass is 9.89. The van der Waals surface area contributed by atoms with E-state index in [1.165, 1.54) is 0 Å². The first kappa shape index (κ1) is 24.7. The van der Waals surface area contributed by atoms with E-state index < -0.39 is 21.5 Å². The molecule has 2 aromatic carbocycles. The molecule has 0 saturated heterocycles. The van der Waals surface area contributed by atoms with E-state index in [2.05, 4.69) is 5.32 Å². The van der Waals surface area contributed by atoms with Gasteiger partial charge < -0.3 is 19.5 Å². The highest BCUT2D eigenvalue weighted by Crippen LogP contribution is 2.41. The molecule has 1 heterocycles. The summed E-state index contributed by atoms with van der Waals surface area (Å²) in [5.74, 6) is 1.52. The molecule has 0 aromatic heterocycles. The molecule has 0 fully saturated rings. The average Bonchev–Trinajstić information content (AvgIpc) is 2.70. The molecule has 1 amide bonds. The number of nitrogens with zero attached hydrogens (tertiary/aromatic N) is 1. The number of amides is 1. The topological polar surface area (TPSA) is 94.2 Å². The number of hydrogen-bond acceptors (Lipinski definition) is 6. The Morgan fingerprint density at radius 2 is 1.82 bits per heavy atom. The fraction of sp³-hybridized carbons (Fsp3) is 0.458. The lowest BCUT2D eigenvalue weighted by Gasteiger charge is -2.38. The van der Waals surface area contributed by atoms with E-state index in [1.807, 2.05) is 39.8 Å². The summed E-state index contributed by atoms with van der Waals surface area (Å²) in [6, 6.07) is 11.7. The highest BCUT2D eigenvalue weighted by Gasteiger charge is 2.35. The molecule has 2 aromatic rings. The molecule has 1 aliphatic heterocycles.